The van der Waals surface area contributed by atoms with Crippen LogP contribution >= 0.6 is 0 Å². The lowest BCUT2D eigenvalue weighted by molar-refractivity contribution is -0.148. The van der Waals surface area contributed by atoms with Crippen molar-refractivity contribution in [2.24, 2.45) is 0 Å². The van der Waals surface area contributed by atoms with E-state index >= 15 is 0 Å². The fourth-order valence-corrected chi connectivity index (χ4v) is 4.60. The average molecular weight is 453 g/mol. The van der Waals surface area contributed by atoms with Crippen LogP contribution in [-0.2, 0) is 19.1 Å². The summed E-state index contributed by atoms with van der Waals surface area (Å²) in [7, 11) is 0. The summed E-state index contributed by atoms with van der Waals surface area (Å²) in [6, 6.07) is 15.6. The molecule has 2 amide bonds. The standard InChI is InChI=1S/C25H28N2O6/c28-23(27-13-5-10-22(27)24(29)30)11-14-32-15-12-26-25(31)33-16-21-19-8-3-1-6-17(19)18-7-2-4-9-20(18)21/h1-4,6-9,21-22H,5,10-16H2,(H,26,31)(H,29,30)/t22-/m1/s1. The number of carbonyl (C=O) groups is 3. The summed E-state index contributed by atoms with van der Waals surface area (Å²) in [5, 5.41) is 11.8. The molecule has 33 heavy (non-hydrogen) atoms. The molecule has 2 aromatic rings. The Hall–Kier alpha value is -3.39. The molecule has 0 spiro atoms. The van der Waals surface area contributed by atoms with Gasteiger partial charge in [-0.2, -0.15) is 0 Å². The molecule has 0 aromatic heterocycles. The second kappa shape index (κ2) is 10.5. The van der Waals surface area contributed by atoms with Gasteiger partial charge in [0.1, 0.15) is 12.6 Å². The number of alkyl carbamates (subject to hydrolysis) is 1. The van der Waals surface area contributed by atoms with Crippen molar-refractivity contribution in [2.75, 3.05) is 32.9 Å². The van der Waals surface area contributed by atoms with E-state index in [4.69, 9.17) is 14.6 Å². The van der Waals surface area contributed by atoms with Gasteiger partial charge >= 0.3 is 12.1 Å². The number of rotatable bonds is 9. The molecule has 1 atom stereocenters. The summed E-state index contributed by atoms with van der Waals surface area (Å²) >= 11 is 0. The molecule has 2 aromatic carbocycles. The van der Waals surface area contributed by atoms with E-state index in [1.54, 1.807) is 0 Å². The third-order valence-corrected chi connectivity index (χ3v) is 6.18. The van der Waals surface area contributed by atoms with Crippen molar-refractivity contribution in [2.45, 2.75) is 31.2 Å². The zero-order valence-electron chi connectivity index (χ0n) is 18.4. The smallest absolute Gasteiger partial charge is 0.407 e. The number of carbonyl (C=O) groups excluding carboxylic acids is 2. The van der Waals surface area contributed by atoms with E-state index in [9.17, 15) is 14.4 Å². The van der Waals surface area contributed by atoms with Crippen molar-refractivity contribution in [3.05, 3.63) is 59.7 Å². The monoisotopic (exact) mass is 452 g/mol. The van der Waals surface area contributed by atoms with Gasteiger partial charge < -0.3 is 24.8 Å². The van der Waals surface area contributed by atoms with Gasteiger partial charge in [-0.1, -0.05) is 48.5 Å². The second-order valence-electron chi connectivity index (χ2n) is 8.20. The number of hydrogen-bond donors (Lipinski definition) is 2. The van der Waals surface area contributed by atoms with Gasteiger partial charge in [0.05, 0.1) is 19.6 Å². The summed E-state index contributed by atoms with van der Waals surface area (Å²) < 4.78 is 10.9. The number of likely N-dealkylation sites (tertiary alicyclic amines) is 1. The molecule has 1 heterocycles. The van der Waals surface area contributed by atoms with Crippen molar-refractivity contribution in [1.82, 2.24) is 10.2 Å². The number of ether oxygens (including phenoxy) is 2. The number of carboxylic acid groups (broad SMARTS) is 1. The third-order valence-electron chi connectivity index (χ3n) is 6.18. The molecule has 0 bridgehead atoms. The van der Waals surface area contributed by atoms with Gasteiger partial charge in [-0.25, -0.2) is 9.59 Å². The van der Waals surface area contributed by atoms with Crippen molar-refractivity contribution in [3.63, 3.8) is 0 Å². The van der Waals surface area contributed by atoms with Crippen LogP contribution in [-0.4, -0.2) is 66.9 Å². The number of carboxylic acids is 1. The molecule has 0 unspecified atom stereocenters. The predicted octanol–water partition coefficient (Wildman–Crippen LogP) is 3.01. The highest BCUT2D eigenvalue weighted by Gasteiger charge is 2.33. The van der Waals surface area contributed by atoms with Gasteiger partial charge in [0, 0.05) is 19.0 Å². The lowest BCUT2D eigenvalue weighted by atomic mass is 9.98. The normalized spacial score (nSPS) is 16.8. The first-order chi connectivity index (χ1) is 16.1. The molecule has 0 saturated carbocycles. The minimum atomic E-state index is -0.964. The van der Waals surface area contributed by atoms with E-state index < -0.39 is 18.1 Å². The van der Waals surface area contributed by atoms with E-state index in [-0.39, 0.29) is 44.6 Å². The Morgan fingerprint density at radius 1 is 1.00 bits per heavy atom. The number of amides is 2. The van der Waals surface area contributed by atoms with Gasteiger partial charge in [0.2, 0.25) is 5.91 Å². The highest BCUT2D eigenvalue weighted by molar-refractivity contribution is 5.84. The van der Waals surface area contributed by atoms with Gasteiger partial charge in [-0.05, 0) is 35.1 Å². The largest absolute Gasteiger partial charge is 0.480 e. The zero-order valence-corrected chi connectivity index (χ0v) is 18.4. The average Bonchev–Trinajstić information content (AvgIpc) is 3.43. The van der Waals surface area contributed by atoms with Crippen molar-refractivity contribution >= 4 is 18.0 Å². The molecule has 2 N–H and O–H groups in total. The molecule has 8 nitrogen and oxygen atoms in total. The first-order valence-corrected chi connectivity index (χ1v) is 11.2. The fourth-order valence-electron chi connectivity index (χ4n) is 4.60. The van der Waals surface area contributed by atoms with Crippen LogP contribution in [0, 0.1) is 0 Å². The number of nitrogens with one attached hydrogen (secondary N) is 1. The van der Waals surface area contributed by atoms with Crippen molar-refractivity contribution in [3.8, 4) is 11.1 Å². The Bertz CT molecular complexity index is 978. The molecule has 1 aliphatic heterocycles. The van der Waals surface area contributed by atoms with E-state index in [2.05, 4.69) is 29.6 Å². The lowest BCUT2D eigenvalue weighted by Gasteiger charge is -2.21. The van der Waals surface area contributed by atoms with Crippen LogP contribution in [0.5, 0.6) is 0 Å². The van der Waals surface area contributed by atoms with E-state index in [1.807, 2.05) is 24.3 Å². The molecular weight excluding hydrogens is 424 g/mol. The second-order valence-corrected chi connectivity index (χ2v) is 8.20. The van der Waals surface area contributed by atoms with Crippen molar-refractivity contribution in [1.29, 1.82) is 0 Å². The molecular formula is C25H28N2O6. The van der Waals surface area contributed by atoms with Crippen LogP contribution in [0.25, 0.3) is 11.1 Å². The fraction of sp³-hybridized carbons (Fsp3) is 0.400. The maximum absolute atomic E-state index is 12.2. The van der Waals surface area contributed by atoms with Crippen LogP contribution in [0.3, 0.4) is 0 Å². The summed E-state index contributed by atoms with van der Waals surface area (Å²) in [6.45, 7) is 1.38. The predicted molar refractivity (Wildman–Crippen MR) is 121 cm³/mol. The molecule has 1 saturated heterocycles. The van der Waals surface area contributed by atoms with Gasteiger partial charge in [-0.3, -0.25) is 4.79 Å². The minimum absolute atomic E-state index is 0.00521. The lowest BCUT2D eigenvalue weighted by Crippen LogP contribution is -2.40. The molecule has 1 aliphatic carbocycles. The molecule has 2 aliphatic rings. The van der Waals surface area contributed by atoms with Crippen LogP contribution in [0.2, 0.25) is 0 Å². The van der Waals surface area contributed by atoms with Crippen LogP contribution in [0.1, 0.15) is 36.3 Å². The van der Waals surface area contributed by atoms with Crippen LogP contribution < -0.4 is 5.32 Å². The first kappa shape index (κ1) is 22.8. The Balaban J connectivity index is 1.15. The number of fused-ring (bicyclic) bond motifs is 3. The SMILES string of the molecule is O=C(NCCOCCC(=O)N1CCC[C@@H]1C(=O)O)OCC1c2ccccc2-c2ccccc21. The molecule has 0 radical (unpaired) electrons. The third kappa shape index (κ3) is 5.17. The van der Waals surface area contributed by atoms with E-state index in [1.165, 1.54) is 16.0 Å². The van der Waals surface area contributed by atoms with E-state index in [0.717, 1.165) is 11.1 Å². The summed E-state index contributed by atoms with van der Waals surface area (Å²) in [5.41, 5.74) is 4.66. The molecule has 174 valence electrons. The van der Waals surface area contributed by atoms with Crippen LogP contribution in [0.4, 0.5) is 4.79 Å². The first-order valence-electron chi connectivity index (χ1n) is 11.2. The summed E-state index contributed by atoms with van der Waals surface area (Å²) in [5.74, 6) is -1.18. The number of benzene rings is 2. The van der Waals surface area contributed by atoms with E-state index in [0.29, 0.717) is 19.4 Å². The number of aliphatic carboxylic acids is 1. The maximum atomic E-state index is 12.2. The minimum Gasteiger partial charge on any atom is -0.480 e. The van der Waals surface area contributed by atoms with Gasteiger partial charge in [0.15, 0.2) is 0 Å². The molecule has 1 fully saturated rings. The Labute approximate surface area is 192 Å². The summed E-state index contributed by atoms with van der Waals surface area (Å²) in [4.78, 5) is 36.9. The number of hydrogen-bond acceptors (Lipinski definition) is 5. The highest BCUT2D eigenvalue weighted by atomic mass is 16.5. The van der Waals surface area contributed by atoms with Crippen molar-refractivity contribution < 1.29 is 29.0 Å². The Morgan fingerprint density at radius 2 is 1.67 bits per heavy atom. The Morgan fingerprint density at radius 3 is 2.33 bits per heavy atom. The van der Waals surface area contributed by atoms with Gasteiger partial charge in [-0.15, -0.1) is 0 Å². The van der Waals surface area contributed by atoms with Crippen LogP contribution in [0.15, 0.2) is 48.5 Å². The number of nitrogens with zero attached hydrogens (tertiary/aromatic N) is 1. The topological polar surface area (TPSA) is 105 Å². The highest BCUT2D eigenvalue weighted by Crippen LogP contribution is 2.44. The Kier molecular flexibility index (Phi) is 7.24. The van der Waals surface area contributed by atoms with Gasteiger partial charge in [0.25, 0.3) is 0 Å². The molecule has 8 heteroatoms. The quantitative estimate of drug-likeness (QED) is 0.567. The summed E-state index contributed by atoms with van der Waals surface area (Å²) in [6.07, 6.45) is 0.798. The maximum Gasteiger partial charge on any atom is 0.407 e. The molecule has 4 rings (SSSR count). The zero-order chi connectivity index (χ0) is 23.2.